The first-order valence-electron chi connectivity index (χ1n) is 6.40. The van der Waals surface area contributed by atoms with Gasteiger partial charge in [0.1, 0.15) is 5.82 Å². The average molecular weight is 252 g/mol. The second kappa shape index (κ2) is 5.78. The van der Waals surface area contributed by atoms with Crippen LogP contribution in [-0.4, -0.2) is 37.2 Å². The number of hydrogen-bond donors (Lipinski definition) is 1. The third kappa shape index (κ3) is 2.88. The van der Waals surface area contributed by atoms with Crippen LogP contribution in [0.15, 0.2) is 24.3 Å². The highest BCUT2D eigenvalue weighted by molar-refractivity contribution is 5.16. The topological polar surface area (TPSA) is 38.5 Å². The molecule has 0 saturated carbocycles. The summed E-state index contributed by atoms with van der Waals surface area (Å²) in [6.07, 6.45) is 2.07. The van der Waals surface area contributed by atoms with Gasteiger partial charge in [0.2, 0.25) is 0 Å². The predicted molar refractivity (Wildman–Crippen MR) is 69.7 cm³/mol. The molecular weight excluding hydrogens is 231 g/mol. The van der Waals surface area contributed by atoms with Crippen molar-refractivity contribution in [3.63, 3.8) is 0 Å². The Morgan fingerprint density at radius 1 is 1.50 bits per heavy atom. The predicted octanol–water partition coefficient (Wildman–Crippen LogP) is 1.77. The van der Waals surface area contributed by atoms with Crippen LogP contribution in [-0.2, 0) is 11.3 Å². The molecule has 2 N–H and O–H groups in total. The Labute approximate surface area is 108 Å². The van der Waals surface area contributed by atoms with Gasteiger partial charge in [-0.3, -0.25) is 4.90 Å². The molecule has 0 amide bonds. The van der Waals surface area contributed by atoms with Gasteiger partial charge in [0.05, 0.1) is 12.1 Å². The van der Waals surface area contributed by atoms with Crippen LogP contribution in [0.1, 0.15) is 18.4 Å². The van der Waals surface area contributed by atoms with E-state index in [1.807, 2.05) is 13.1 Å². The molecule has 0 spiro atoms. The highest BCUT2D eigenvalue weighted by Crippen LogP contribution is 2.25. The first-order chi connectivity index (χ1) is 8.66. The Balaban J connectivity index is 2.07. The van der Waals surface area contributed by atoms with Gasteiger partial charge < -0.3 is 10.5 Å². The van der Waals surface area contributed by atoms with Crippen LogP contribution >= 0.6 is 0 Å². The molecule has 1 aromatic rings. The van der Waals surface area contributed by atoms with Crippen LogP contribution in [0.3, 0.4) is 0 Å². The molecule has 3 nitrogen and oxygen atoms in total. The Kier molecular flexibility index (Phi) is 4.32. The molecule has 1 heterocycles. The second-order valence-electron chi connectivity index (χ2n) is 5.07. The van der Waals surface area contributed by atoms with E-state index >= 15 is 0 Å². The summed E-state index contributed by atoms with van der Waals surface area (Å²) in [5, 5.41) is 0. The van der Waals surface area contributed by atoms with Gasteiger partial charge in [0, 0.05) is 19.7 Å². The standard InChI is InChI=1S/C14H21FN2O/c1-17(9-12-4-2-5-13(15)8-12)14(10-16)6-3-7-18-11-14/h2,4-5,8H,3,6-7,9-11,16H2,1H3. The van der Waals surface area contributed by atoms with Crippen LogP contribution in [0.2, 0.25) is 0 Å². The molecule has 0 aromatic heterocycles. The molecule has 1 saturated heterocycles. The van der Waals surface area contributed by atoms with E-state index in [0.29, 0.717) is 19.7 Å². The molecule has 1 aromatic carbocycles. The van der Waals surface area contributed by atoms with Gasteiger partial charge in [-0.1, -0.05) is 12.1 Å². The molecule has 0 radical (unpaired) electrons. The first kappa shape index (κ1) is 13.5. The number of likely N-dealkylation sites (N-methyl/N-ethyl adjacent to an activating group) is 1. The summed E-state index contributed by atoms with van der Waals surface area (Å²) in [6, 6.07) is 6.72. The lowest BCUT2D eigenvalue weighted by Gasteiger charge is -2.43. The van der Waals surface area contributed by atoms with Gasteiger partial charge in [-0.25, -0.2) is 4.39 Å². The normalized spacial score (nSPS) is 24.4. The number of nitrogens with two attached hydrogens (primary N) is 1. The number of benzene rings is 1. The van der Waals surface area contributed by atoms with Crippen molar-refractivity contribution in [2.75, 3.05) is 26.8 Å². The van der Waals surface area contributed by atoms with Crippen molar-refractivity contribution in [1.29, 1.82) is 0 Å². The Bertz CT molecular complexity index is 391. The number of ether oxygens (including phenoxy) is 1. The second-order valence-corrected chi connectivity index (χ2v) is 5.07. The van der Waals surface area contributed by atoms with E-state index in [4.69, 9.17) is 10.5 Å². The van der Waals surface area contributed by atoms with Gasteiger partial charge >= 0.3 is 0 Å². The Hall–Kier alpha value is -0.970. The summed E-state index contributed by atoms with van der Waals surface area (Å²) in [6.45, 7) is 2.74. The number of rotatable bonds is 4. The molecular formula is C14H21FN2O. The average Bonchev–Trinajstić information content (AvgIpc) is 2.39. The lowest BCUT2D eigenvalue weighted by atomic mass is 9.90. The van der Waals surface area contributed by atoms with Crippen LogP contribution < -0.4 is 5.73 Å². The smallest absolute Gasteiger partial charge is 0.123 e. The molecule has 18 heavy (non-hydrogen) atoms. The van der Waals surface area contributed by atoms with Crippen LogP contribution in [0, 0.1) is 5.82 Å². The summed E-state index contributed by atoms with van der Waals surface area (Å²) in [7, 11) is 2.03. The lowest BCUT2D eigenvalue weighted by molar-refractivity contribution is -0.0375. The van der Waals surface area contributed by atoms with Gasteiger partial charge in [0.25, 0.3) is 0 Å². The number of nitrogens with zero attached hydrogens (tertiary/aromatic N) is 1. The summed E-state index contributed by atoms with van der Waals surface area (Å²) in [4.78, 5) is 2.20. The maximum Gasteiger partial charge on any atom is 0.123 e. The fraction of sp³-hybridized carbons (Fsp3) is 0.571. The molecule has 1 unspecified atom stereocenters. The van der Waals surface area contributed by atoms with E-state index in [1.54, 1.807) is 12.1 Å². The fourth-order valence-corrected chi connectivity index (χ4v) is 2.53. The molecule has 2 rings (SSSR count). The van der Waals surface area contributed by atoms with E-state index in [0.717, 1.165) is 25.0 Å². The van der Waals surface area contributed by atoms with E-state index in [2.05, 4.69) is 4.90 Å². The number of hydrogen-bond acceptors (Lipinski definition) is 3. The van der Waals surface area contributed by atoms with Crippen molar-refractivity contribution in [3.8, 4) is 0 Å². The van der Waals surface area contributed by atoms with Gasteiger partial charge in [0.15, 0.2) is 0 Å². The van der Waals surface area contributed by atoms with Gasteiger partial charge in [-0.05, 0) is 37.6 Å². The van der Waals surface area contributed by atoms with E-state index in [1.165, 1.54) is 6.07 Å². The molecule has 100 valence electrons. The summed E-state index contributed by atoms with van der Waals surface area (Å²) >= 11 is 0. The van der Waals surface area contributed by atoms with Crippen molar-refractivity contribution < 1.29 is 9.13 Å². The molecule has 1 atom stereocenters. The first-order valence-corrected chi connectivity index (χ1v) is 6.40. The van der Waals surface area contributed by atoms with E-state index in [-0.39, 0.29) is 11.4 Å². The van der Waals surface area contributed by atoms with Gasteiger partial charge in [-0.15, -0.1) is 0 Å². The maximum atomic E-state index is 13.2. The van der Waals surface area contributed by atoms with E-state index < -0.39 is 0 Å². The highest BCUT2D eigenvalue weighted by atomic mass is 19.1. The third-order valence-electron chi connectivity index (χ3n) is 3.80. The zero-order chi connectivity index (χ0) is 13.0. The molecule has 1 aliphatic heterocycles. The van der Waals surface area contributed by atoms with Crippen LogP contribution in [0.5, 0.6) is 0 Å². The molecule has 4 heteroatoms. The Morgan fingerprint density at radius 2 is 2.33 bits per heavy atom. The third-order valence-corrected chi connectivity index (χ3v) is 3.80. The van der Waals surface area contributed by atoms with Crippen LogP contribution in [0.25, 0.3) is 0 Å². The minimum atomic E-state index is -0.192. The summed E-state index contributed by atoms with van der Waals surface area (Å²) < 4.78 is 18.7. The van der Waals surface area contributed by atoms with E-state index in [9.17, 15) is 4.39 Å². The highest BCUT2D eigenvalue weighted by Gasteiger charge is 2.35. The van der Waals surface area contributed by atoms with Crippen molar-refractivity contribution in [2.24, 2.45) is 5.73 Å². The van der Waals surface area contributed by atoms with Crippen molar-refractivity contribution in [2.45, 2.75) is 24.9 Å². The summed E-state index contributed by atoms with van der Waals surface area (Å²) in [5.74, 6) is -0.192. The lowest BCUT2D eigenvalue weighted by Crippen LogP contribution is -2.56. The maximum absolute atomic E-state index is 13.2. The van der Waals surface area contributed by atoms with Crippen molar-refractivity contribution >= 4 is 0 Å². The largest absolute Gasteiger partial charge is 0.379 e. The minimum Gasteiger partial charge on any atom is -0.379 e. The minimum absolute atomic E-state index is 0.107. The summed E-state index contributed by atoms with van der Waals surface area (Å²) in [5.41, 5.74) is 6.79. The van der Waals surface area contributed by atoms with Crippen molar-refractivity contribution in [3.05, 3.63) is 35.6 Å². The number of halogens is 1. The van der Waals surface area contributed by atoms with Crippen LogP contribution in [0.4, 0.5) is 4.39 Å². The fourth-order valence-electron chi connectivity index (χ4n) is 2.53. The molecule has 0 aliphatic carbocycles. The SMILES string of the molecule is CN(Cc1cccc(F)c1)C1(CN)CCCOC1. The zero-order valence-corrected chi connectivity index (χ0v) is 10.9. The monoisotopic (exact) mass is 252 g/mol. The molecule has 1 fully saturated rings. The zero-order valence-electron chi connectivity index (χ0n) is 10.9. The quantitative estimate of drug-likeness (QED) is 0.887. The molecule has 0 bridgehead atoms. The van der Waals surface area contributed by atoms with Gasteiger partial charge in [-0.2, -0.15) is 0 Å². The Morgan fingerprint density at radius 3 is 2.94 bits per heavy atom. The van der Waals surface area contributed by atoms with Crippen molar-refractivity contribution in [1.82, 2.24) is 4.90 Å². The molecule has 1 aliphatic rings.